The lowest BCUT2D eigenvalue weighted by molar-refractivity contribution is 0.103. The number of halogens is 1. The van der Waals surface area contributed by atoms with Gasteiger partial charge in [0.2, 0.25) is 10.0 Å². The van der Waals surface area contributed by atoms with Gasteiger partial charge in [-0.25, -0.2) is 8.42 Å². The summed E-state index contributed by atoms with van der Waals surface area (Å²) < 4.78 is 32.7. The second-order valence-corrected chi connectivity index (χ2v) is 15.1. The molecule has 3 aromatic carbocycles. The van der Waals surface area contributed by atoms with Crippen molar-refractivity contribution in [3.8, 4) is 5.75 Å². The van der Waals surface area contributed by atoms with Crippen LogP contribution >= 0.6 is 22.9 Å². The molecule has 0 saturated carbocycles. The van der Waals surface area contributed by atoms with Crippen LogP contribution in [0.1, 0.15) is 47.5 Å². The Morgan fingerprint density at radius 3 is 2.43 bits per heavy atom. The van der Waals surface area contributed by atoms with Gasteiger partial charge in [0.05, 0.1) is 17.2 Å². The molecule has 0 radical (unpaired) electrons. The van der Waals surface area contributed by atoms with Crippen LogP contribution in [-0.2, 0) is 16.4 Å². The second-order valence-electron chi connectivity index (χ2n) is 11.9. The molecule has 8 nitrogen and oxygen atoms in total. The molecule has 2 N–H and O–H groups in total. The summed E-state index contributed by atoms with van der Waals surface area (Å²) in [5.74, 6) is 0.802. The van der Waals surface area contributed by atoms with Gasteiger partial charge in [0.15, 0.2) is 0 Å². The molecular formula is C33H39ClN4O4S2. The lowest BCUT2D eigenvalue weighted by Gasteiger charge is -2.34. The third-order valence-corrected chi connectivity index (χ3v) is 9.46. The third kappa shape index (κ3) is 8.44. The zero-order valence-electron chi connectivity index (χ0n) is 25.7. The molecular weight excluding hydrogens is 616 g/mol. The van der Waals surface area contributed by atoms with Crippen LogP contribution in [0.2, 0.25) is 5.02 Å². The molecule has 11 heteroatoms. The molecule has 234 valence electrons. The first-order valence-electron chi connectivity index (χ1n) is 14.7. The Bertz CT molecular complexity index is 1760. The van der Waals surface area contributed by atoms with Gasteiger partial charge in [-0.2, -0.15) is 0 Å². The van der Waals surface area contributed by atoms with Crippen molar-refractivity contribution in [1.82, 2.24) is 4.90 Å². The molecule has 5 rings (SSSR count). The Kier molecular flexibility index (Phi) is 9.74. The SMILES string of the molecule is CC(C)Oc1cc(C(C)Cc2cc(Cl)cc(NC(=O)c3cc4cc(NS(C)(=O)=O)ccc4s3)c2)cc(N2CCN(C)CC2)c1. The van der Waals surface area contributed by atoms with Crippen LogP contribution in [0.5, 0.6) is 5.75 Å². The molecule has 4 aromatic rings. The molecule has 2 heterocycles. The number of piperazine rings is 1. The zero-order valence-corrected chi connectivity index (χ0v) is 28.1. The molecule has 1 amide bonds. The number of thiophene rings is 1. The monoisotopic (exact) mass is 654 g/mol. The summed E-state index contributed by atoms with van der Waals surface area (Å²) in [7, 11) is -1.24. The fourth-order valence-electron chi connectivity index (χ4n) is 5.42. The van der Waals surface area contributed by atoms with Gasteiger partial charge >= 0.3 is 0 Å². The van der Waals surface area contributed by atoms with E-state index in [1.165, 1.54) is 22.6 Å². The fourth-order valence-corrected chi connectivity index (χ4v) is 7.17. The first-order valence-corrected chi connectivity index (χ1v) is 17.8. The number of benzene rings is 3. The number of likely N-dealkylation sites (N-methyl/N-ethyl adjacent to an activating group) is 1. The maximum atomic E-state index is 13.2. The standard InChI is InChI=1S/C33H39ClN4O4S2/c1-21(2)42-30-17-24(16-29(20-30)38-10-8-37(4)9-11-38)22(3)12-23-13-26(34)19-28(14-23)35-33(39)32-18-25-15-27(36-44(5,40)41)6-7-31(25)43-32/h6-7,13-22,36H,8-12H2,1-5H3,(H,35,39). The van der Waals surface area contributed by atoms with Gasteiger partial charge in [0.1, 0.15) is 5.75 Å². The highest BCUT2D eigenvalue weighted by atomic mass is 35.5. The Labute approximate surface area is 269 Å². The van der Waals surface area contributed by atoms with Gasteiger partial charge in [-0.05, 0) is 104 Å². The third-order valence-electron chi connectivity index (χ3n) is 7.52. The van der Waals surface area contributed by atoms with E-state index in [2.05, 4.69) is 52.0 Å². The van der Waals surface area contributed by atoms with E-state index in [-0.39, 0.29) is 17.9 Å². The van der Waals surface area contributed by atoms with E-state index in [0.717, 1.165) is 60.3 Å². The molecule has 0 bridgehead atoms. The van der Waals surface area contributed by atoms with Crippen LogP contribution < -0.4 is 19.7 Å². The molecule has 1 atom stereocenters. The highest BCUT2D eigenvalue weighted by Gasteiger charge is 2.19. The van der Waals surface area contributed by atoms with E-state index in [9.17, 15) is 13.2 Å². The fraction of sp³-hybridized carbons (Fsp3) is 0.364. The van der Waals surface area contributed by atoms with E-state index in [1.54, 1.807) is 30.3 Å². The summed E-state index contributed by atoms with van der Waals surface area (Å²) in [6, 6.07) is 19.2. The van der Waals surface area contributed by atoms with Gasteiger partial charge in [-0.15, -0.1) is 11.3 Å². The predicted octanol–water partition coefficient (Wildman–Crippen LogP) is 7.06. The molecule has 0 spiro atoms. The van der Waals surface area contributed by atoms with Crippen molar-refractivity contribution in [3.63, 3.8) is 0 Å². The first kappa shape index (κ1) is 32.1. The summed E-state index contributed by atoms with van der Waals surface area (Å²) in [5, 5.41) is 4.33. The quantitative estimate of drug-likeness (QED) is 0.190. The summed E-state index contributed by atoms with van der Waals surface area (Å²) in [6.07, 6.45) is 1.91. The van der Waals surface area contributed by atoms with Crippen molar-refractivity contribution >= 4 is 66.0 Å². The number of carbonyl (C=O) groups excluding carboxylic acids is 1. The number of anilines is 3. The summed E-state index contributed by atoms with van der Waals surface area (Å²) >= 11 is 7.87. The lowest BCUT2D eigenvalue weighted by Crippen LogP contribution is -2.44. The van der Waals surface area contributed by atoms with Crippen LogP contribution in [0, 0.1) is 0 Å². The number of nitrogens with one attached hydrogen (secondary N) is 2. The van der Waals surface area contributed by atoms with E-state index >= 15 is 0 Å². The molecule has 1 fully saturated rings. The number of carbonyl (C=O) groups is 1. The van der Waals surface area contributed by atoms with Gasteiger partial charge in [-0.3, -0.25) is 9.52 Å². The van der Waals surface area contributed by atoms with E-state index < -0.39 is 10.0 Å². The first-order chi connectivity index (χ1) is 20.8. The lowest BCUT2D eigenvalue weighted by atomic mass is 9.92. The molecule has 1 aliphatic rings. The molecule has 1 unspecified atom stereocenters. The maximum Gasteiger partial charge on any atom is 0.265 e. The van der Waals surface area contributed by atoms with Gasteiger partial charge in [-0.1, -0.05) is 18.5 Å². The molecule has 1 aromatic heterocycles. The molecule has 0 aliphatic carbocycles. The molecule has 44 heavy (non-hydrogen) atoms. The van der Waals surface area contributed by atoms with Crippen molar-refractivity contribution in [2.45, 2.75) is 39.2 Å². The Hall–Kier alpha value is -3.31. The van der Waals surface area contributed by atoms with Crippen LogP contribution in [0.3, 0.4) is 0 Å². The number of hydrogen-bond donors (Lipinski definition) is 2. The van der Waals surface area contributed by atoms with E-state index in [1.807, 2.05) is 26.0 Å². The Morgan fingerprint density at radius 1 is 0.977 bits per heavy atom. The van der Waals surface area contributed by atoms with Crippen molar-refractivity contribution in [1.29, 1.82) is 0 Å². The van der Waals surface area contributed by atoms with Crippen molar-refractivity contribution in [3.05, 3.63) is 81.7 Å². The normalized spacial score (nSPS) is 15.0. The zero-order chi connectivity index (χ0) is 31.6. The highest BCUT2D eigenvalue weighted by Crippen LogP contribution is 2.33. The van der Waals surface area contributed by atoms with Crippen molar-refractivity contribution in [2.24, 2.45) is 0 Å². The van der Waals surface area contributed by atoms with Crippen molar-refractivity contribution in [2.75, 3.05) is 54.4 Å². The second kappa shape index (κ2) is 13.4. The number of hydrogen-bond acceptors (Lipinski definition) is 7. The number of rotatable bonds is 10. The number of nitrogens with zero attached hydrogens (tertiary/aromatic N) is 2. The number of ether oxygens (including phenoxy) is 1. The molecule has 1 aliphatic heterocycles. The minimum atomic E-state index is -3.40. The molecule has 1 saturated heterocycles. The average Bonchev–Trinajstić information content (AvgIpc) is 3.35. The van der Waals surface area contributed by atoms with Crippen LogP contribution in [0.15, 0.2) is 60.7 Å². The number of sulfonamides is 1. The average molecular weight is 655 g/mol. The van der Waals surface area contributed by atoms with Crippen LogP contribution in [0.25, 0.3) is 10.1 Å². The number of fused-ring (bicyclic) bond motifs is 1. The number of amides is 1. The predicted molar refractivity (Wildman–Crippen MR) is 184 cm³/mol. The highest BCUT2D eigenvalue weighted by molar-refractivity contribution is 7.92. The largest absolute Gasteiger partial charge is 0.491 e. The minimum absolute atomic E-state index is 0.0761. The van der Waals surface area contributed by atoms with E-state index in [4.69, 9.17) is 16.3 Å². The van der Waals surface area contributed by atoms with Crippen molar-refractivity contribution < 1.29 is 17.9 Å². The Morgan fingerprint density at radius 2 is 1.73 bits per heavy atom. The Balaban J connectivity index is 1.33. The van der Waals surface area contributed by atoms with Crippen LogP contribution in [0.4, 0.5) is 17.1 Å². The van der Waals surface area contributed by atoms with Gasteiger partial charge in [0, 0.05) is 59.0 Å². The summed E-state index contributed by atoms with van der Waals surface area (Å²) in [5.41, 5.74) is 4.47. The topological polar surface area (TPSA) is 91.0 Å². The minimum Gasteiger partial charge on any atom is -0.491 e. The van der Waals surface area contributed by atoms with Crippen LogP contribution in [-0.4, -0.2) is 64.8 Å². The van der Waals surface area contributed by atoms with Gasteiger partial charge < -0.3 is 19.9 Å². The summed E-state index contributed by atoms with van der Waals surface area (Å²) in [4.78, 5) is 18.5. The smallest absolute Gasteiger partial charge is 0.265 e. The maximum absolute atomic E-state index is 13.2. The van der Waals surface area contributed by atoms with E-state index in [0.29, 0.717) is 21.3 Å². The summed E-state index contributed by atoms with van der Waals surface area (Å²) in [6.45, 7) is 10.3. The van der Waals surface area contributed by atoms with Gasteiger partial charge in [0.25, 0.3) is 5.91 Å².